The molecule has 0 spiro atoms. The van der Waals surface area contributed by atoms with Gasteiger partial charge in [-0.3, -0.25) is 4.89 Å². The van der Waals surface area contributed by atoms with Gasteiger partial charge in [0.1, 0.15) is 0 Å². The maximum Gasteiger partial charge on any atom is 0.405 e. The van der Waals surface area contributed by atoms with Crippen molar-refractivity contribution in [3.63, 3.8) is 0 Å². The maximum absolute atomic E-state index is 11.1. The summed E-state index contributed by atoms with van der Waals surface area (Å²) < 4.78 is 15.0. The molecule has 1 aromatic carbocycles. The van der Waals surface area contributed by atoms with Crippen LogP contribution in [0, 0.1) is 0 Å². The largest absolute Gasteiger partial charge is 0.493 e. The van der Waals surface area contributed by atoms with E-state index in [1.165, 1.54) is 21.3 Å². The van der Waals surface area contributed by atoms with Crippen LogP contribution in [0.3, 0.4) is 0 Å². The van der Waals surface area contributed by atoms with Crippen molar-refractivity contribution in [3.05, 3.63) is 17.7 Å². The van der Waals surface area contributed by atoms with E-state index in [1.54, 1.807) is 0 Å². The minimum absolute atomic E-state index is 0.107. The summed E-state index contributed by atoms with van der Waals surface area (Å²) in [6, 6.07) is 2.27. The lowest BCUT2D eigenvalue weighted by atomic mass is 10.0. The molecule has 106 valence electrons. The third-order valence-electron chi connectivity index (χ3n) is 2.43. The SMILES string of the molecule is COc1cc(C(O)(O)C(=O)OO)cc(OC)c1OC. The standard InChI is InChI=1S/C11H14O8/c1-16-7-4-6(11(13,14)10(12)19-15)5-8(17-2)9(7)18-3/h4-5,13-15H,1-3H3. The molecule has 0 aromatic heterocycles. The van der Waals surface area contributed by atoms with Crippen LogP contribution in [0.1, 0.15) is 5.56 Å². The van der Waals surface area contributed by atoms with E-state index in [4.69, 9.17) is 19.5 Å². The lowest BCUT2D eigenvalue weighted by Gasteiger charge is -2.20. The number of aliphatic hydroxyl groups is 2. The first kappa shape index (κ1) is 15.0. The average Bonchev–Trinajstić information content (AvgIpc) is 2.44. The Morgan fingerprint density at radius 3 is 1.84 bits per heavy atom. The van der Waals surface area contributed by atoms with Crippen molar-refractivity contribution in [3.8, 4) is 17.2 Å². The van der Waals surface area contributed by atoms with E-state index in [0.29, 0.717) is 0 Å². The molecule has 1 rings (SSSR count). The van der Waals surface area contributed by atoms with Gasteiger partial charge in [0.05, 0.1) is 21.3 Å². The predicted molar refractivity (Wildman–Crippen MR) is 60.9 cm³/mol. The molecule has 0 amide bonds. The third kappa shape index (κ3) is 2.70. The van der Waals surface area contributed by atoms with Crippen molar-refractivity contribution >= 4 is 5.97 Å². The summed E-state index contributed by atoms with van der Waals surface area (Å²) in [5.74, 6) is -4.30. The van der Waals surface area contributed by atoms with Gasteiger partial charge in [0.25, 0.3) is 5.79 Å². The Balaban J connectivity index is 3.42. The fourth-order valence-electron chi connectivity index (χ4n) is 1.46. The first-order valence-corrected chi connectivity index (χ1v) is 5.03. The second kappa shape index (κ2) is 5.74. The molecule has 0 saturated heterocycles. The van der Waals surface area contributed by atoms with Crippen LogP contribution < -0.4 is 14.2 Å². The molecule has 0 aliphatic heterocycles. The van der Waals surface area contributed by atoms with Gasteiger partial charge < -0.3 is 24.4 Å². The van der Waals surface area contributed by atoms with Crippen LogP contribution >= 0.6 is 0 Å². The monoisotopic (exact) mass is 274 g/mol. The number of carbonyl (C=O) groups is 1. The van der Waals surface area contributed by atoms with Gasteiger partial charge in [-0.2, -0.15) is 5.26 Å². The summed E-state index contributed by atoms with van der Waals surface area (Å²) in [4.78, 5) is 14.4. The van der Waals surface area contributed by atoms with Crippen molar-refractivity contribution in [2.45, 2.75) is 5.79 Å². The number of benzene rings is 1. The van der Waals surface area contributed by atoms with Crippen molar-refractivity contribution in [2.75, 3.05) is 21.3 Å². The van der Waals surface area contributed by atoms with Gasteiger partial charge in [-0.25, -0.2) is 4.79 Å². The first-order chi connectivity index (χ1) is 8.92. The van der Waals surface area contributed by atoms with E-state index < -0.39 is 11.8 Å². The summed E-state index contributed by atoms with van der Waals surface area (Å²) >= 11 is 0. The van der Waals surface area contributed by atoms with E-state index in [0.717, 1.165) is 12.1 Å². The van der Waals surface area contributed by atoms with Gasteiger partial charge in [0.2, 0.25) is 5.75 Å². The normalized spacial score (nSPS) is 10.8. The average molecular weight is 274 g/mol. The summed E-state index contributed by atoms with van der Waals surface area (Å²) in [5, 5.41) is 27.5. The highest BCUT2D eigenvalue weighted by molar-refractivity contribution is 5.79. The lowest BCUT2D eigenvalue weighted by molar-refractivity contribution is -0.280. The third-order valence-corrected chi connectivity index (χ3v) is 2.43. The molecule has 8 heteroatoms. The summed E-state index contributed by atoms with van der Waals surface area (Å²) in [5.41, 5.74) is -0.318. The molecule has 0 heterocycles. The topological polar surface area (TPSA) is 115 Å². The zero-order valence-electron chi connectivity index (χ0n) is 10.5. The Kier molecular flexibility index (Phi) is 4.54. The molecule has 0 aliphatic carbocycles. The molecule has 8 nitrogen and oxygen atoms in total. The van der Waals surface area contributed by atoms with Crippen molar-refractivity contribution in [1.29, 1.82) is 0 Å². The van der Waals surface area contributed by atoms with Gasteiger partial charge in [0.15, 0.2) is 11.5 Å². The minimum atomic E-state index is -3.05. The molecular weight excluding hydrogens is 260 g/mol. The Hall–Kier alpha value is -2.03. The second-order valence-corrected chi connectivity index (χ2v) is 3.46. The highest BCUT2D eigenvalue weighted by Crippen LogP contribution is 2.40. The van der Waals surface area contributed by atoms with Crippen LogP contribution in [0.25, 0.3) is 0 Å². The molecule has 0 saturated carbocycles. The zero-order valence-corrected chi connectivity index (χ0v) is 10.5. The van der Waals surface area contributed by atoms with E-state index in [1.807, 2.05) is 0 Å². The highest BCUT2D eigenvalue weighted by atomic mass is 17.1. The van der Waals surface area contributed by atoms with Crippen LogP contribution in [-0.4, -0.2) is 42.8 Å². The number of methoxy groups -OCH3 is 3. The van der Waals surface area contributed by atoms with E-state index in [9.17, 15) is 15.0 Å². The molecule has 1 aromatic rings. The highest BCUT2D eigenvalue weighted by Gasteiger charge is 2.39. The van der Waals surface area contributed by atoms with Crippen molar-refractivity contribution < 1.29 is 39.4 Å². The smallest absolute Gasteiger partial charge is 0.405 e. The first-order valence-electron chi connectivity index (χ1n) is 5.03. The molecule has 0 radical (unpaired) electrons. The maximum atomic E-state index is 11.1. The predicted octanol–water partition coefficient (Wildman–Crippen LogP) is -0.134. The lowest BCUT2D eigenvalue weighted by Crippen LogP contribution is -2.36. The van der Waals surface area contributed by atoms with Crippen LogP contribution in [0.4, 0.5) is 0 Å². The van der Waals surface area contributed by atoms with Crippen molar-refractivity contribution in [1.82, 2.24) is 0 Å². The zero-order chi connectivity index (χ0) is 14.6. The Morgan fingerprint density at radius 2 is 1.53 bits per heavy atom. The number of carbonyl (C=O) groups excluding carboxylic acids is 1. The van der Waals surface area contributed by atoms with Gasteiger partial charge >= 0.3 is 5.97 Å². The van der Waals surface area contributed by atoms with E-state index >= 15 is 0 Å². The van der Waals surface area contributed by atoms with Gasteiger partial charge in [0, 0.05) is 5.56 Å². The Labute approximate surface area is 108 Å². The fourth-order valence-corrected chi connectivity index (χ4v) is 1.46. The molecule has 0 bridgehead atoms. The number of ether oxygens (including phenoxy) is 3. The minimum Gasteiger partial charge on any atom is -0.493 e. The van der Waals surface area contributed by atoms with Crippen LogP contribution in [0.2, 0.25) is 0 Å². The van der Waals surface area contributed by atoms with Gasteiger partial charge in [-0.15, -0.1) is 0 Å². The summed E-state index contributed by atoms with van der Waals surface area (Å²) in [6.07, 6.45) is 0. The molecule has 0 atom stereocenters. The fraction of sp³-hybridized carbons (Fsp3) is 0.364. The molecule has 0 fully saturated rings. The Morgan fingerprint density at radius 1 is 1.05 bits per heavy atom. The molecule has 0 aliphatic rings. The molecule has 19 heavy (non-hydrogen) atoms. The van der Waals surface area contributed by atoms with Crippen molar-refractivity contribution in [2.24, 2.45) is 0 Å². The van der Waals surface area contributed by atoms with Crippen LogP contribution in [-0.2, 0) is 15.5 Å². The van der Waals surface area contributed by atoms with Gasteiger partial charge in [-0.05, 0) is 12.1 Å². The Bertz CT molecular complexity index is 443. The molecule has 3 N–H and O–H groups in total. The van der Waals surface area contributed by atoms with E-state index in [-0.39, 0.29) is 22.8 Å². The second-order valence-electron chi connectivity index (χ2n) is 3.46. The summed E-state index contributed by atoms with van der Waals surface area (Å²) in [7, 11) is 4.01. The number of rotatable bonds is 5. The van der Waals surface area contributed by atoms with Crippen LogP contribution in [0.15, 0.2) is 12.1 Å². The number of hydrogen-bond acceptors (Lipinski definition) is 8. The summed E-state index contributed by atoms with van der Waals surface area (Å²) in [6.45, 7) is 0. The molecular formula is C11H14O8. The van der Waals surface area contributed by atoms with Gasteiger partial charge in [-0.1, -0.05) is 0 Å². The quantitative estimate of drug-likeness (QED) is 0.386. The van der Waals surface area contributed by atoms with Crippen LogP contribution in [0.5, 0.6) is 17.2 Å². The number of hydrogen-bond donors (Lipinski definition) is 3. The van der Waals surface area contributed by atoms with E-state index in [2.05, 4.69) is 4.89 Å². The molecule has 0 unspecified atom stereocenters.